The Kier molecular flexibility index (Phi) is 4.26. The van der Waals surface area contributed by atoms with Crippen LogP contribution < -0.4 is 5.32 Å². The number of sulfone groups is 1. The third kappa shape index (κ3) is 3.78. The third-order valence-electron chi connectivity index (χ3n) is 3.43. The van der Waals surface area contributed by atoms with E-state index in [1.807, 2.05) is 0 Å². The van der Waals surface area contributed by atoms with Crippen LogP contribution in [0.4, 0.5) is 0 Å². The number of amides is 1. The molecule has 114 valence electrons. The molecule has 0 bridgehead atoms. The van der Waals surface area contributed by atoms with Crippen LogP contribution >= 0.6 is 0 Å². The first-order valence-corrected chi connectivity index (χ1v) is 8.30. The highest BCUT2D eigenvalue weighted by Gasteiger charge is 2.28. The lowest BCUT2D eigenvalue weighted by atomic mass is 10.1. The lowest BCUT2D eigenvalue weighted by molar-refractivity contribution is 0.0694. The topological polar surface area (TPSA) is 113 Å². The number of pyridine rings is 1. The van der Waals surface area contributed by atoms with E-state index in [1.54, 1.807) is 0 Å². The molecule has 0 aromatic carbocycles. The minimum Gasteiger partial charge on any atom is -0.478 e. The number of aryl methyl sites for hydroxylation is 1. The largest absolute Gasteiger partial charge is 0.478 e. The first kappa shape index (κ1) is 15.4. The summed E-state index contributed by atoms with van der Waals surface area (Å²) >= 11 is 0. The molecule has 1 aliphatic heterocycles. The molecule has 8 heteroatoms. The number of aromatic carboxylic acids is 1. The second-order valence-corrected chi connectivity index (χ2v) is 7.34. The average Bonchev–Trinajstić information content (AvgIpc) is 2.75. The summed E-state index contributed by atoms with van der Waals surface area (Å²) in [5.41, 5.74) is 0.436. The van der Waals surface area contributed by atoms with E-state index >= 15 is 0 Å². The summed E-state index contributed by atoms with van der Waals surface area (Å²) < 4.78 is 22.6. The zero-order chi connectivity index (χ0) is 15.6. The fraction of sp³-hybridized carbons (Fsp3) is 0.462. The molecule has 1 saturated heterocycles. The molecule has 0 aliphatic carbocycles. The van der Waals surface area contributed by atoms with Crippen LogP contribution in [-0.4, -0.2) is 48.4 Å². The number of nitrogens with zero attached hydrogens (tertiary/aromatic N) is 1. The fourth-order valence-corrected chi connectivity index (χ4v) is 4.14. The molecule has 1 fully saturated rings. The Morgan fingerprint density at radius 3 is 2.67 bits per heavy atom. The minimum atomic E-state index is -2.96. The van der Waals surface area contributed by atoms with E-state index in [9.17, 15) is 18.0 Å². The number of aromatic nitrogens is 1. The summed E-state index contributed by atoms with van der Waals surface area (Å²) in [6, 6.07) is 2.68. The summed E-state index contributed by atoms with van der Waals surface area (Å²) in [6.07, 6.45) is 0.549. The predicted molar refractivity (Wildman–Crippen MR) is 75.0 cm³/mol. The first-order chi connectivity index (χ1) is 9.78. The van der Waals surface area contributed by atoms with Gasteiger partial charge in [-0.1, -0.05) is 0 Å². The molecule has 0 saturated carbocycles. The van der Waals surface area contributed by atoms with Gasteiger partial charge >= 0.3 is 5.97 Å². The van der Waals surface area contributed by atoms with Crippen LogP contribution in [0, 0.1) is 12.8 Å². The maximum absolute atomic E-state index is 11.9. The van der Waals surface area contributed by atoms with Crippen LogP contribution in [0.3, 0.4) is 0 Å². The molecule has 21 heavy (non-hydrogen) atoms. The van der Waals surface area contributed by atoms with Gasteiger partial charge in [0.1, 0.15) is 5.69 Å². The van der Waals surface area contributed by atoms with Crippen molar-refractivity contribution < 1.29 is 23.1 Å². The monoisotopic (exact) mass is 312 g/mol. The van der Waals surface area contributed by atoms with Crippen molar-refractivity contribution in [3.63, 3.8) is 0 Å². The molecule has 2 N–H and O–H groups in total. The molecule has 1 unspecified atom stereocenters. The van der Waals surface area contributed by atoms with E-state index in [-0.39, 0.29) is 40.9 Å². The maximum atomic E-state index is 11.9. The lowest BCUT2D eigenvalue weighted by Gasteiger charge is -2.10. The van der Waals surface area contributed by atoms with E-state index in [2.05, 4.69) is 10.3 Å². The van der Waals surface area contributed by atoms with Crippen molar-refractivity contribution in [3.8, 4) is 0 Å². The number of hydrogen-bond acceptors (Lipinski definition) is 5. The number of carboxylic acid groups (broad SMARTS) is 1. The smallest absolute Gasteiger partial charge is 0.337 e. The highest BCUT2D eigenvalue weighted by Crippen LogP contribution is 2.17. The Balaban J connectivity index is 1.98. The molecule has 7 nitrogen and oxygen atoms in total. The Morgan fingerprint density at radius 2 is 2.14 bits per heavy atom. The SMILES string of the molecule is Cc1nc(C(=O)NCC2CCS(=O)(=O)C2)ccc1C(=O)O. The van der Waals surface area contributed by atoms with Gasteiger partial charge in [0.2, 0.25) is 0 Å². The Labute approximate surface area is 122 Å². The van der Waals surface area contributed by atoms with E-state index in [4.69, 9.17) is 5.11 Å². The van der Waals surface area contributed by atoms with E-state index < -0.39 is 21.7 Å². The molecular formula is C13H16N2O5S. The van der Waals surface area contributed by atoms with E-state index in [0.29, 0.717) is 6.42 Å². The standard InChI is InChI=1S/C13H16N2O5S/c1-8-10(13(17)18)2-3-11(15-8)12(16)14-6-9-4-5-21(19,20)7-9/h2-3,9H,4-7H2,1H3,(H,14,16)(H,17,18). The van der Waals surface area contributed by atoms with Crippen molar-refractivity contribution in [1.29, 1.82) is 0 Å². The average molecular weight is 312 g/mol. The van der Waals surface area contributed by atoms with Gasteiger partial charge in [0.15, 0.2) is 9.84 Å². The highest BCUT2D eigenvalue weighted by molar-refractivity contribution is 7.91. The van der Waals surface area contributed by atoms with Crippen LogP contribution in [0.15, 0.2) is 12.1 Å². The highest BCUT2D eigenvalue weighted by atomic mass is 32.2. The summed E-state index contributed by atoms with van der Waals surface area (Å²) in [7, 11) is -2.96. The van der Waals surface area contributed by atoms with Crippen LogP contribution in [0.2, 0.25) is 0 Å². The quantitative estimate of drug-likeness (QED) is 0.824. The van der Waals surface area contributed by atoms with Gasteiger partial charge in [-0.3, -0.25) is 4.79 Å². The predicted octanol–water partition coefficient (Wildman–Crippen LogP) is 0.253. The number of carbonyl (C=O) groups excluding carboxylic acids is 1. The van der Waals surface area contributed by atoms with Crippen molar-refractivity contribution in [2.24, 2.45) is 5.92 Å². The lowest BCUT2D eigenvalue weighted by Crippen LogP contribution is -2.30. The number of rotatable bonds is 4. The number of carboxylic acids is 1. The zero-order valence-corrected chi connectivity index (χ0v) is 12.3. The number of hydrogen-bond donors (Lipinski definition) is 2. The molecule has 2 heterocycles. The normalized spacial score (nSPS) is 20.1. The Morgan fingerprint density at radius 1 is 1.43 bits per heavy atom. The first-order valence-electron chi connectivity index (χ1n) is 6.48. The second kappa shape index (κ2) is 5.80. The van der Waals surface area contributed by atoms with Gasteiger partial charge in [-0.25, -0.2) is 18.2 Å². The maximum Gasteiger partial charge on any atom is 0.337 e. The Hall–Kier alpha value is -1.96. The Bertz CT molecular complexity index is 684. The summed E-state index contributed by atoms with van der Waals surface area (Å²) in [6.45, 7) is 1.79. The van der Waals surface area contributed by atoms with Crippen LogP contribution in [0.1, 0.15) is 33.0 Å². The van der Waals surface area contributed by atoms with Gasteiger partial charge in [0.25, 0.3) is 5.91 Å². The second-order valence-electron chi connectivity index (χ2n) is 5.11. The van der Waals surface area contributed by atoms with Crippen LogP contribution in [0.25, 0.3) is 0 Å². The van der Waals surface area contributed by atoms with Gasteiger partial charge in [-0.15, -0.1) is 0 Å². The van der Waals surface area contributed by atoms with Crippen molar-refractivity contribution in [2.45, 2.75) is 13.3 Å². The van der Waals surface area contributed by atoms with Crippen LogP contribution in [-0.2, 0) is 9.84 Å². The molecule has 2 rings (SSSR count). The van der Waals surface area contributed by atoms with Crippen LogP contribution in [0.5, 0.6) is 0 Å². The van der Waals surface area contributed by atoms with Gasteiger partial charge < -0.3 is 10.4 Å². The molecule has 1 aromatic heterocycles. The number of nitrogens with one attached hydrogen (secondary N) is 1. The minimum absolute atomic E-state index is 0.0495. The molecule has 1 atom stereocenters. The van der Waals surface area contributed by atoms with Gasteiger partial charge in [-0.2, -0.15) is 0 Å². The third-order valence-corrected chi connectivity index (χ3v) is 5.26. The van der Waals surface area contributed by atoms with Crippen molar-refractivity contribution >= 4 is 21.7 Å². The molecule has 0 spiro atoms. The molecule has 1 aromatic rings. The van der Waals surface area contributed by atoms with Gasteiger partial charge in [-0.05, 0) is 31.4 Å². The molecule has 1 aliphatic rings. The molecule has 0 radical (unpaired) electrons. The summed E-state index contributed by atoms with van der Waals surface area (Å²) in [5, 5.41) is 11.5. The van der Waals surface area contributed by atoms with Crippen molar-refractivity contribution in [1.82, 2.24) is 10.3 Å². The van der Waals surface area contributed by atoms with E-state index in [0.717, 1.165) is 0 Å². The molecular weight excluding hydrogens is 296 g/mol. The van der Waals surface area contributed by atoms with Gasteiger partial charge in [0, 0.05) is 6.54 Å². The summed E-state index contributed by atoms with van der Waals surface area (Å²) in [4.78, 5) is 26.7. The van der Waals surface area contributed by atoms with Crippen molar-refractivity contribution in [3.05, 3.63) is 29.1 Å². The summed E-state index contributed by atoms with van der Waals surface area (Å²) in [5.74, 6) is -1.34. The van der Waals surface area contributed by atoms with E-state index in [1.165, 1.54) is 19.1 Å². The molecule has 1 amide bonds. The number of carbonyl (C=O) groups is 2. The zero-order valence-electron chi connectivity index (χ0n) is 11.5. The van der Waals surface area contributed by atoms with Gasteiger partial charge in [0.05, 0.1) is 22.8 Å². The van der Waals surface area contributed by atoms with Crippen molar-refractivity contribution in [2.75, 3.05) is 18.1 Å². The fourth-order valence-electron chi connectivity index (χ4n) is 2.27.